The van der Waals surface area contributed by atoms with Crippen LogP contribution in [0.1, 0.15) is 39.9 Å². The van der Waals surface area contributed by atoms with Gasteiger partial charge in [-0.2, -0.15) is 0 Å². The Labute approximate surface area is 198 Å². The zero-order valence-electron chi connectivity index (χ0n) is 19.4. The molecule has 0 aliphatic carbocycles. The van der Waals surface area contributed by atoms with Gasteiger partial charge in [-0.3, -0.25) is 9.78 Å². The van der Waals surface area contributed by atoms with Crippen molar-refractivity contribution in [3.8, 4) is 22.5 Å². The highest BCUT2D eigenvalue weighted by Gasteiger charge is 2.20. The van der Waals surface area contributed by atoms with E-state index in [0.29, 0.717) is 23.5 Å². The van der Waals surface area contributed by atoms with Crippen LogP contribution >= 0.6 is 0 Å². The number of amides is 1. The second kappa shape index (κ2) is 9.79. The summed E-state index contributed by atoms with van der Waals surface area (Å²) in [5, 5.41) is 2.92. The van der Waals surface area contributed by atoms with Gasteiger partial charge >= 0.3 is 0 Å². The fraction of sp³-hybridized carbons (Fsp3) is 0.185. The molecule has 7 heteroatoms. The van der Waals surface area contributed by atoms with Crippen molar-refractivity contribution in [2.24, 2.45) is 0 Å². The average Bonchev–Trinajstić information content (AvgIpc) is 2.82. The molecule has 0 aliphatic heterocycles. The van der Waals surface area contributed by atoms with Crippen LogP contribution in [0.15, 0.2) is 60.7 Å². The van der Waals surface area contributed by atoms with E-state index in [1.54, 1.807) is 12.1 Å². The molecule has 4 rings (SSSR count). The van der Waals surface area contributed by atoms with E-state index in [9.17, 15) is 9.18 Å². The molecule has 3 N–H and O–H groups in total. The van der Waals surface area contributed by atoms with E-state index < -0.39 is 5.91 Å². The maximum absolute atomic E-state index is 13.5. The third kappa shape index (κ3) is 4.93. The van der Waals surface area contributed by atoms with Crippen molar-refractivity contribution in [3.63, 3.8) is 0 Å². The number of nitrogen functional groups attached to an aromatic ring is 1. The lowest BCUT2D eigenvalue weighted by atomic mass is 10.0. The van der Waals surface area contributed by atoms with Gasteiger partial charge in [-0.1, -0.05) is 31.2 Å². The molecule has 1 amide bonds. The van der Waals surface area contributed by atoms with Crippen LogP contribution in [0, 0.1) is 19.7 Å². The molecule has 0 spiro atoms. The third-order valence-corrected chi connectivity index (χ3v) is 5.55. The number of aryl methyl sites for hydroxylation is 3. The van der Waals surface area contributed by atoms with Crippen LogP contribution in [-0.4, -0.2) is 20.9 Å². The van der Waals surface area contributed by atoms with Crippen LogP contribution in [0.3, 0.4) is 0 Å². The van der Waals surface area contributed by atoms with Crippen LogP contribution in [0.5, 0.6) is 0 Å². The fourth-order valence-corrected chi connectivity index (χ4v) is 3.93. The van der Waals surface area contributed by atoms with Crippen molar-refractivity contribution in [2.45, 2.75) is 33.7 Å². The second-order valence-electron chi connectivity index (χ2n) is 8.11. The quantitative estimate of drug-likeness (QED) is 0.425. The van der Waals surface area contributed by atoms with Crippen molar-refractivity contribution in [1.82, 2.24) is 20.3 Å². The number of hydrogen-bond acceptors (Lipinski definition) is 5. The summed E-state index contributed by atoms with van der Waals surface area (Å²) in [6.07, 6.45) is 0.866. The maximum Gasteiger partial charge on any atom is 0.274 e. The zero-order chi connectivity index (χ0) is 24.2. The van der Waals surface area contributed by atoms with Gasteiger partial charge in [-0.25, -0.2) is 14.4 Å². The van der Waals surface area contributed by atoms with Gasteiger partial charge in [0.25, 0.3) is 5.91 Å². The summed E-state index contributed by atoms with van der Waals surface area (Å²) in [5.41, 5.74) is 12.4. The number of hydrogen-bond donors (Lipinski definition) is 2. The second-order valence-corrected chi connectivity index (χ2v) is 8.11. The number of benzene rings is 2. The Bertz CT molecular complexity index is 1330. The number of rotatable bonds is 6. The minimum Gasteiger partial charge on any atom is -0.382 e. The Balaban J connectivity index is 1.76. The van der Waals surface area contributed by atoms with Crippen molar-refractivity contribution >= 4 is 11.7 Å². The Kier molecular flexibility index (Phi) is 6.63. The topological polar surface area (TPSA) is 93.8 Å². The van der Waals surface area contributed by atoms with E-state index in [1.807, 2.05) is 50.2 Å². The van der Waals surface area contributed by atoms with Crippen LogP contribution in [0.4, 0.5) is 10.2 Å². The van der Waals surface area contributed by atoms with Gasteiger partial charge in [0.1, 0.15) is 5.82 Å². The Hall–Kier alpha value is -4.13. The van der Waals surface area contributed by atoms with Crippen molar-refractivity contribution < 1.29 is 9.18 Å². The first-order valence-electron chi connectivity index (χ1n) is 11.1. The van der Waals surface area contributed by atoms with Gasteiger partial charge in [0.15, 0.2) is 11.5 Å². The van der Waals surface area contributed by atoms with Crippen molar-refractivity contribution in [3.05, 3.63) is 94.7 Å². The van der Waals surface area contributed by atoms with E-state index in [2.05, 4.69) is 27.2 Å². The SMILES string of the molecule is CCc1ccccc1CNC(=O)c1nc(-c2cc(C)nc(C)c2)c(-c2ccc(F)cc2)nc1N. The first-order valence-corrected chi connectivity index (χ1v) is 11.1. The van der Waals surface area contributed by atoms with Crippen LogP contribution in [0.2, 0.25) is 0 Å². The molecule has 0 fully saturated rings. The number of carbonyl (C=O) groups excluding carboxylic acids is 1. The molecular formula is C27H26FN5O. The normalized spacial score (nSPS) is 10.8. The van der Waals surface area contributed by atoms with Crippen molar-refractivity contribution in [1.29, 1.82) is 0 Å². The molecule has 2 aromatic heterocycles. The zero-order valence-corrected chi connectivity index (χ0v) is 19.4. The maximum atomic E-state index is 13.5. The molecule has 2 heterocycles. The Morgan fingerprint density at radius 1 is 0.882 bits per heavy atom. The molecule has 0 aliphatic rings. The molecule has 0 saturated carbocycles. The molecule has 0 unspecified atom stereocenters. The molecule has 6 nitrogen and oxygen atoms in total. The number of halogens is 1. The van der Waals surface area contributed by atoms with Gasteiger partial charge in [-0.05, 0) is 67.8 Å². The number of nitrogens with one attached hydrogen (secondary N) is 1. The molecule has 2 aromatic carbocycles. The summed E-state index contributed by atoms with van der Waals surface area (Å²) in [6.45, 7) is 6.20. The van der Waals surface area contributed by atoms with E-state index >= 15 is 0 Å². The summed E-state index contributed by atoms with van der Waals surface area (Å²) < 4.78 is 13.5. The molecule has 0 radical (unpaired) electrons. The number of anilines is 1. The standard InChI is InChI=1S/C27H26FN5O/c1-4-18-7-5-6-8-20(18)15-30-27(34)25-26(29)33-23(19-9-11-22(28)12-10-19)24(32-25)21-13-16(2)31-17(3)14-21/h5-14H,4,15H2,1-3H3,(H2,29,33)(H,30,34). The fourth-order valence-electron chi connectivity index (χ4n) is 3.93. The predicted molar refractivity (Wildman–Crippen MR) is 132 cm³/mol. The first-order chi connectivity index (χ1) is 16.4. The van der Waals surface area contributed by atoms with Crippen LogP contribution < -0.4 is 11.1 Å². The minimum absolute atomic E-state index is 0.00634. The highest BCUT2D eigenvalue weighted by atomic mass is 19.1. The molecule has 0 bridgehead atoms. The predicted octanol–water partition coefficient (Wildman–Crippen LogP) is 5.04. The molecule has 172 valence electrons. The highest BCUT2D eigenvalue weighted by molar-refractivity contribution is 5.98. The summed E-state index contributed by atoms with van der Waals surface area (Å²) in [4.78, 5) is 26.7. The Morgan fingerprint density at radius 2 is 1.50 bits per heavy atom. The van der Waals surface area contributed by atoms with E-state index in [1.165, 1.54) is 12.1 Å². The summed E-state index contributed by atoms with van der Waals surface area (Å²) >= 11 is 0. The number of pyridine rings is 1. The van der Waals surface area contributed by atoms with E-state index in [0.717, 1.165) is 34.5 Å². The smallest absolute Gasteiger partial charge is 0.274 e. The van der Waals surface area contributed by atoms with E-state index in [-0.39, 0.29) is 17.3 Å². The lowest BCUT2D eigenvalue weighted by Crippen LogP contribution is -2.26. The molecule has 34 heavy (non-hydrogen) atoms. The van der Waals surface area contributed by atoms with Crippen LogP contribution in [0.25, 0.3) is 22.5 Å². The third-order valence-electron chi connectivity index (χ3n) is 5.55. The molecule has 0 atom stereocenters. The number of nitrogens with zero attached hydrogens (tertiary/aromatic N) is 3. The van der Waals surface area contributed by atoms with Gasteiger partial charge < -0.3 is 11.1 Å². The minimum atomic E-state index is -0.412. The van der Waals surface area contributed by atoms with Gasteiger partial charge in [-0.15, -0.1) is 0 Å². The molecular weight excluding hydrogens is 429 g/mol. The lowest BCUT2D eigenvalue weighted by Gasteiger charge is -2.14. The van der Waals surface area contributed by atoms with Gasteiger partial charge in [0.05, 0.1) is 11.4 Å². The van der Waals surface area contributed by atoms with Crippen LogP contribution in [-0.2, 0) is 13.0 Å². The molecule has 0 saturated heterocycles. The Morgan fingerprint density at radius 3 is 2.15 bits per heavy atom. The largest absolute Gasteiger partial charge is 0.382 e. The number of aromatic nitrogens is 3. The van der Waals surface area contributed by atoms with Crippen molar-refractivity contribution in [2.75, 3.05) is 5.73 Å². The highest BCUT2D eigenvalue weighted by Crippen LogP contribution is 2.31. The van der Waals surface area contributed by atoms with Gasteiger partial charge in [0, 0.05) is 29.1 Å². The number of nitrogens with two attached hydrogens (primary N) is 1. The number of carbonyl (C=O) groups is 1. The van der Waals surface area contributed by atoms with Gasteiger partial charge in [0.2, 0.25) is 0 Å². The van der Waals surface area contributed by atoms with E-state index in [4.69, 9.17) is 5.73 Å². The molecule has 4 aromatic rings. The summed E-state index contributed by atoms with van der Waals surface area (Å²) in [5.74, 6) is -0.762. The average molecular weight is 456 g/mol. The monoisotopic (exact) mass is 455 g/mol. The summed E-state index contributed by atoms with van der Waals surface area (Å²) in [7, 11) is 0. The first kappa shape index (κ1) is 23.0. The summed E-state index contributed by atoms with van der Waals surface area (Å²) in [6, 6.07) is 17.6. The lowest BCUT2D eigenvalue weighted by molar-refractivity contribution is 0.0946.